The van der Waals surface area contributed by atoms with Gasteiger partial charge in [0.15, 0.2) is 0 Å². The van der Waals surface area contributed by atoms with Gasteiger partial charge >= 0.3 is 12.2 Å². The van der Waals surface area contributed by atoms with Crippen LogP contribution in [0, 0.1) is 0 Å². The standard InChI is InChI=1S/C28H44N4O5/c1-8-22(18-13-12-17-21-15-10-9-11-16-21)23(33)29-19-14-20-30-24(31-25(34)36-27(2,3)4)32-26(35)37-28(5,6)7/h8-11,15-16H,12-14,17-20H2,1-7H3,(H,29,33)(H2,30,31,32,34,35)/b22-8+. The third-order valence-corrected chi connectivity index (χ3v) is 4.77. The monoisotopic (exact) mass is 516 g/mol. The first-order valence-electron chi connectivity index (χ1n) is 12.8. The molecule has 9 nitrogen and oxygen atoms in total. The van der Waals surface area contributed by atoms with Gasteiger partial charge in [-0.05, 0) is 86.1 Å². The molecule has 37 heavy (non-hydrogen) atoms. The van der Waals surface area contributed by atoms with Crippen molar-refractivity contribution in [2.45, 2.75) is 91.8 Å². The number of hydrogen-bond donors (Lipinski definition) is 3. The quantitative estimate of drug-likeness (QED) is 0.170. The zero-order valence-corrected chi connectivity index (χ0v) is 23.4. The predicted octanol–water partition coefficient (Wildman–Crippen LogP) is 5.26. The number of hydrogen-bond acceptors (Lipinski definition) is 6. The van der Waals surface area contributed by atoms with Gasteiger partial charge in [0.1, 0.15) is 11.2 Å². The molecule has 3 N–H and O–H groups in total. The number of aryl methyl sites for hydroxylation is 1. The minimum absolute atomic E-state index is 0.0811. The second-order valence-corrected chi connectivity index (χ2v) is 10.6. The van der Waals surface area contributed by atoms with Crippen LogP contribution in [0.3, 0.4) is 0 Å². The zero-order valence-electron chi connectivity index (χ0n) is 23.4. The SMILES string of the molecule is C/C=C(\CCCCc1ccccc1)C(=O)NCCCN=C(NC(=O)OC(C)(C)C)NC(=O)OC(C)(C)C. The smallest absolute Gasteiger partial charge is 0.414 e. The maximum Gasteiger partial charge on any atom is 0.414 e. The summed E-state index contributed by atoms with van der Waals surface area (Å²) >= 11 is 0. The van der Waals surface area contributed by atoms with E-state index in [4.69, 9.17) is 9.47 Å². The summed E-state index contributed by atoms with van der Waals surface area (Å²) in [5.41, 5.74) is 0.640. The largest absolute Gasteiger partial charge is 0.444 e. The van der Waals surface area contributed by atoms with Crippen LogP contribution in [0.2, 0.25) is 0 Å². The minimum atomic E-state index is -0.749. The van der Waals surface area contributed by atoms with E-state index in [2.05, 4.69) is 33.1 Å². The average molecular weight is 517 g/mol. The molecule has 206 valence electrons. The Labute approximate surface area is 221 Å². The lowest BCUT2D eigenvalue weighted by atomic mass is 10.0. The van der Waals surface area contributed by atoms with Crippen molar-refractivity contribution in [1.82, 2.24) is 16.0 Å². The summed E-state index contributed by atoms with van der Waals surface area (Å²) in [5, 5.41) is 7.79. The van der Waals surface area contributed by atoms with Gasteiger partial charge in [-0.1, -0.05) is 36.4 Å². The highest BCUT2D eigenvalue weighted by atomic mass is 16.6. The number of amides is 3. The molecule has 0 heterocycles. The van der Waals surface area contributed by atoms with E-state index in [0.29, 0.717) is 13.0 Å². The van der Waals surface area contributed by atoms with Gasteiger partial charge in [-0.3, -0.25) is 20.4 Å². The third kappa shape index (κ3) is 16.1. The van der Waals surface area contributed by atoms with E-state index >= 15 is 0 Å². The number of aliphatic imine (C=N–C) groups is 1. The first-order chi connectivity index (χ1) is 17.3. The van der Waals surface area contributed by atoms with Gasteiger partial charge in [0, 0.05) is 18.7 Å². The molecule has 0 unspecified atom stereocenters. The summed E-state index contributed by atoms with van der Waals surface area (Å²) < 4.78 is 10.5. The Bertz CT molecular complexity index is 896. The molecule has 0 saturated heterocycles. The molecule has 0 aliphatic heterocycles. The lowest BCUT2D eigenvalue weighted by Gasteiger charge is -2.22. The van der Waals surface area contributed by atoms with Gasteiger partial charge in [0.05, 0.1) is 0 Å². The molecule has 0 bridgehead atoms. The van der Waals surface area contributed by atoms with Gasteiger partial charge in [0.25, 0.3) is 0 Å². The number of benzene rings is 1. The van der Waals surface area contributed by atoms with Gasteiger partial charge in [-0.15, -0.1) is 0 Å². The van der Waals surface area contributed by atoms with E-state index in [-0.39, 0.29) is 18.4 Å². The predicted molar refractivity (Wildman–Crippen MR) is 146 cm³/mol. The molecule has 0 atom stereocenters. The van der Waals surface area contributed by atoms with Gasteiger partial charge < -0.3 is 14.8 Å². The van der Waals surface area contributed by atoms with Gasteiger partial charge in [0.2, 0.25) is 11.9 Å². The fourth-order valence-corrected chi connectivity index (χ4v) is 3.17. The molecule has 0 fully saturated rings. The maximum absolute atomic E-state index is 12.5. The zero-order chi connectivity index (χ0) is 27.9. The number of nitrogens with one attached hydrogen (secondary N) is 3. The lowest BCUT2D eigenvalue weighted by molar-refractivity contribution is -0.117. The summed E-state index contributed by atoms with van der Waals surface area (Å²) in [4.78, 5) is 41.1. The first kappa shape index (κ1) is 31.7. The second-order valence-electron chi connectivity index (χ2n) is 10.6. The molecule has 0 aliphatic carbocycles. The number of ether oxygens (including phenoxy) is 2. The average Bonchev–Trinajstić information content (AvgIpc) is 2.76. The topological polar surface area (TPSA) is 118 Å². The van der Waals surface area contributed by atoms with Gasteiger partial charge in [-0.25, -0.2) is 9.59 Å². The Kier molecular flexibility index (Phi) is 13.4. The highest BCUT2D eigenvalue weighted by Gasteiger charge is 2.21. The van der Waals surface area contributed by atoms with Crippen LogP contribution in [0.5, 0.6) is 0 Å². The van der Waals surface area contributed by atoms with Crippen LogP contribution in [0.1, 0.15) is 79.7 Å². The highest BCUT2D eigenvalue weighted by molar-refractivity contribution is 6.01. The Hall–Kier alpha value is -3.36. The summed E-state index contributed by atoms with van der Waals surface area (Å²) in [6.07, 6.45) is 4.52. The number of alkyl carbamates (subject to hydrolysis) is 2. The molecule has 9 heteroatoms. The lowest BCUT2D eigenvalue weighted by Crippen LogP contribution is -2.47. The van der Waals surface area contributed by atoms with E-state index in [1.54, 1.807) is 41.5 Å². The highest BCUT2D eigenvalue weighted by Crippen LogP contribution is 2.12. The molecule has 0 aromatic heterocycles. The van der Waals surface area contributed by atoms with Gasteiger partial charge in [-0.2, -0.15) is 0 Å². The van der Waals surface area contributed by atoms with Crippen LogP contribution in [-0.2, 0) is 20.7 Å². The Balaban J connectivity index is 2.51. The fourth-order valence-electron chi connectivity index (χ4n) is 3.17. The molecule has 1 aromatic carbocycles. The molecular formula is C28H44N4O5. The Morgan fingerprint density at radius 1 is 0.865 bits per heavy atom. The normalized spacial score (nSPS) is 11.8. The van der Waals surface area contributed by atoms with Crippen LogP contribution < -0.4 is 16.0 Å². The van der Waals surface area contributed by atoms with Crippen LogP contribution >= 0.6 is 0 Å². The van der Waals surface area contributed by atoms with Crippen LogP contribution in [-0.4, -0.2) is 48.3 Å². The van der Waals surface area contributed by atoms with E-state index in [0.717, 1.165) is 31.3 Å². The molecule has 0 saturated carbocycles. The first-order valence-corrected chi connectivity index (χ1v) is 12.8. The maximum atomic E-state index is 12.5. The van der Waals surface area contributed by atoms with E-state index in [1.807, 2.05) is 31.2 Å². The summed E-state index contributed by atoms with van der Waals surface area (Å²) in [6, 6.07) is 10.3. The molecule has 1 rings (SSSR count). The van der Waals surface area contributed by atoms with Crippen molar-refractivity contribution >= 4 is 24.1 Å². The van der Waals surface area contributed by atoms with E-state index in [9.17, 15) is 14.4 Å². The fraction of sp³-hybridized carbons (Fsp3) is 0.571. The molecular weight excluding hydrogens is 472 g/mol. The van der Waals surface area contributed by atoms with Crippen molar-refractivity contribution in [3.8, 4) is 0 Å². The van der Waals surface area contributed by atoms with Crippen LogP contribution in [0.15, 0.2) is 47.0 Å². The van der Waals surface area contributed by atoms with Crippen molar-refractivity contribution in [2.24, 2.45) is 4.99 Å². The summed E-state index contributed by atoms with van der Waals surface area (Å²) in [5.74, 6) is -0.174. The number of rotatable bonds is 10. The number of carbonyl (C=O) groups is 3. The van der Waals surface area contributed by atoms with E-state index in [1.165, 1.54) is 5.56 Å². The van der Waals surface area contributed by atoms with Crippen LogP contribution in [0.4, 0.5) is 9.59 Å². The summed E-state index contributed by atoms with van der Waals surface area (Å²) in [7, 11) is 0. The van der Waals surface area contributed by atoms with Crippen molar-refractivity contribution in [1.29, 1.82) is 0 Å². The molecule has 3 amide bonds. The molecule has 0 radical (unpaired) electrons. The molecule has 0 spiro atoms. The molecule has 1 aromatic rings. The molecule has 0 aliphatic rings. The Morgan fingerprint density at radius 3 is 1.95 bits per heavy atom. The minimum Gasteiger partial charge on any atom is -0.444 e. The van der Waals surface area contributed by atoms with Crippen molar-refractivity contribution in [3.63, 3.8) is 0 Å². The second kappa shape index (κ2) is 15.7. The van der Waals surface area contributed by atoms with Crippen molar-refractivity contribution < 1.29 is 23.9 Å². The van der Waals surface area contributed by atoms with E-state index < -0.39 is 23.4 Å². The number of nitrogens with zero attached hydrogens (tertiary/aromatic N) is 1. The van der Waals surface area contributed by atoms with Crippen LogP contribution in [0.25, 0.3) is 0 Å². The number of guanidine groups is 1. The van der Waals surface area contributed by atoms with Crippen molar-refractivity contribution in [3.05, 3.63) is 47.5 Å². The number of unbranched alkanes of at least 4 members (excludes halogenated alkanes) is 1. The van der Waals surface area contributed by atoms with Crippen molar-refractivity contribution in [2.75, 3.05) is 13.1 Å². The Morgan fingerprint density at radius 2 is 1.43 bits per heavy atom. The number of carbonyl (C=O) groups excluding carboxylic acids is 3. The third-order valence-electron chi connectivity index (χ3n) is 4.77. The number of allylic oxidation sites excluding steroid dienone is 1. The summed E-state index contributed by atoms with van der Waals surface area (Å²) in [6.45, 7) is 12.9.